The Morgan fingerprint density at radius 1 is 1.26 bits per heavy atom. The normalized spacial score (nSPS) is 29.4. The molecule has 0 bridgehead atoms. The van der Waals surface area contributed by atoms with Crippen LogP contribution in [0.3, 0.4) is 0 Å². The van der Waals surface area contributed by atoms with E-state index in [0.29, 0.717) is 18.6 Å². The number of thioether (sulfide) groups is 1. The maximum absolute atomic E-state index is 11.9. The number of hydrazine groups is 3. The van der Waals surface area contributed by atoms with E-state index in [0.717, 1.165) is 12.8 Å². The molecule has 0 aromatic carbocycles. The summed E-state index contributed by atoms with van der Waals surface area (Å²) in [5.74, 6) is -0.553. The van der Waals surface area contributed by atoms with Crippen LogP contribution < -0.4 is 21.8 Å². The van der Waals surface area contributed by atoms with E-state index in [-0.39, 0.29) is 28.9 Å². The zero-order valence-corrected chi connectivity index (χ0v) is 14.7. The first-order valence-corrected chi connectivity index (χ1v) is 9.01. The zero-order valence-electron chi connectivity index (χ0n) is 13.9. The Morgan fingerprint density at radius 2 is 1.91 bits per heavy atom. The van der Waals surface area contributed by atoms with E-state index in [2.05, 4.69) is 21.8 Å². The van der Waals surface area contributed by atoms with E-state index in [4.69, 9.17) is 5.11 Å². The lowest BCUT2D eigenvalue weighted by atomic mass is 9.86. The third kappa shape index (κ3) is 5.61. The van der Waals surface area contributed by atoms with Crippen LogP contribution in [0.15, 0.2) is 0 Å². The van der Waals surface area contributed by atoms with Gasteiger partial charge in [-0.2, -0.15) is 16.1 Å². The van der Waals surface area contributed by atoms with E-state index in [1.807, 2.05) is 25.8 Å². The van der Waals surface area contributed by atoms with Crippen molar-refractivity contribution in [3.63, 3.8) is 0 Å². The first-order chi connectivity index (χ1) is 10.8. The molecule has 1 heterocycles. The van der Waals surface area contributed by atoms with Crippen LogP contribution in [0.2, 0.25) is 0 Å². The average molecular weight is 345 g/mol. The van der Waals surface area contributed by atoms with Crippen LogP contribution in [-0.4, -0.2) is 44.8 Å². The van der Waals surface area contributed by atoms with E-state index in [1.165, 1.54) is 11.8 Å². The predicted molar refractivity (Wildman–Crippen MR) is 88.8 cm³/mol. The molecule has 0 aromatic heterocycles. The van der Waals surface area contributed by atoms with Gasteiger partial charge in [-0.1, -0.05) is 0 Å². The minimum atomic E-state index is -0.696. The zero-order chi connectivity index (χ0) is 17.0. The molecular formula is C14H27N5O3S. The standard InChI is InChI=1S/C14H27N5O3S/c1-14(2,3)15-11(20)8-23-13-16-17-18-19(13)10-6-4-9(5-7-10)12(21)22/h9-10,13,16-18H,4-8H2,1-3H3,(H,15,20)(H,21,22). The molecule has 8 nitrogen and oxygen atoms in total. The minimum Gasteiger partial charge on any atom is -0.481 e. The minimum absolute atomic E-state index is 0.00531. The van der Waals surface area contributed by atoms with Crippen molar-refractivity contribution in [1.82, 2.24) is 26.8 Å². The number of nitrogens with one attached hydrogen (secondary N) is 4. The Kier molecular flexibility index (Phi) is 6.26. The second-order valence-corrected chi connectivity index (χ2v) is 8.16. The van der Waals surface area contributed by atoms with Crippen LogP contribution in [-0.2, 0) is 9.59 Å². The topological polar surface area (TPSA) is 106 Å². The van der Waals surface area contributed by atoms with Crippen LogP contribution in [0.4, 0.5) is 0 Å². The third-order valence-corrected chi connectivity index (χ3v) is 5.05. The van der Waals surface area contributed by atoms with Gasteiger partial charge in [0.1, 0.15) is 5.50 Å². The highest BCUT2D eigenvalue weighted by molar-refractivity contribution is 8.00. The van der Waals surface area contributed by atoms with Gasteiger partial charge in [-0.3, -0.25) is 9.59 Å². The van der Waals surface area contributed by atoms with Gasteiger partial charge in [0, 0.05) is 11.6 Å². The summed E-state index contributed by atoms with van der Waals surface area (Å²) in [6.45, 7) is 5.87. The Hall–Kier alpha value is -0.870. The molecule has 23 heavy (non-hydrogen) atoms. The van der Waals surface area contributed by atoms with E-state index >= 15 is 0 Å². The fourth-order valence-electron chi connectivity index (χ4n) is 2.90. The summed E-state index contributed by atoms with van der Waals surface area (Å²) in [6.07, 6.45) is 3.05. The van der Waals surface area contributed by atoms with Crippen molar-refractivity contribution in [2.24, 2.45) is 5.92 Å². The molecule has 2 aliphatic rings. The number of carboxylic acid groups (broad SMARTS) is 1. The molecule has 1 saturated carbocycles. The maximum atomic E-state index is 11.9. The number of carboxylic acids is 1. The van der Waals surface area contributed by atoms with Crippen molar-refractivity contribution in [3.8, 4) is 0 Å². The molecule has 1 amide bonds. The first-order valence-electron chi connectivity index (χ1n) is 7.96. The van der Waals surface area contributed by atoms with Gasteiger partial charge in [-0.25, -0.2) is 5.43 Å². The molecular weight excluding hydrogens is 318 g/mol. The molecule has 1 aliphatic heterocycles. The third-order valence-electron chi connectivity index (χ3n) is 3.96. The molecule has 1 aliphatic carbocycles. The second-order valence-electron chi connectivity index (χ2n) is 7.09. The van der Waals surface area contributed by atoms with Gasteiger partial charge in [0.25, 0.3) is 0 Å². The Labute approximate surface area is 141 Å². The van der Waals surface area contributed by atoms with Crippen molar-refractivity contribution >= 4 is 23.6 Å². The monoisotopic (exact) mass is 345 g/mol. The van der Waals surface area contributed by atoms with Crippen molar-refractivity contribution < 1.29 is 14.7 Å². The second kappa shape index (κ2) is 7.80. The number of hydrogen-bond acceptors (Lipinski definition) is 7. The summed E-state index contributed by atoms with van der Waals surface area (Å²) in [5.41, 5.74) is 8.74. The summed E-state index contributed by atoms with van der Waals surface area (Å²) < 4.78 is 0. The summed E-state index contributed by atoms with van der Waals surface area (Å²) in [5, 5.41) is 14.1. The van der Waals surface area contributed by atoms with Gasteiger partial charge in [0.2, 0.25) is 5.91 Å². The van der Waals surface area contributed by atoms with E-state index < -0.39 is 5.97 Å². The van der Waals surface area contributed by atoms with E-state index in [1.54, 1.807) is 0 Å². The number of amides is 1. The van der Waals surface area contributed by atoms with Gasteiger partial charge in [-0.05, 0) is 46.5 Å². The van der Waals surface area contributed by atoms with Crippen molar-refractivity contribution in [2.45, 2.75) is 63.5 Å². The first kappa shape index (κ1) is 18.5. The summed E-state index contributed by atoms with van der Waals surface area (Å²) in [4.78, 5) is 23.0. The van der Waals surface area contributed by atoms with Crippen molar-refractivity contribution in [2.75, 3.05) is 5.75 Å². The van der Waals surface area contributed by atoms with E-state index in [9.17, 15) is 9.59 Å². The number of aliphatic carboxylic acids is 1. The Balaban J connectivity index is 1.79. The highest BCUT2D eigenvalue weighted by Crippen LogP contribution is 2.30. The Bertz CT molecular complexity index is 435. The van der Waals surface area contributed by atoms with Gasteiger partial charge >= 0.3 is 5.97 Å². The summed E-state index contributed by atoms with van der Waals surface area (Å²) in [7, 11) is 0. The van der Waals surface area contributed by atoms with Crippen LogP contribution >= 0.6 is 11.8 Å². The molecule has 2 rings (SSSR count). The average Bonchev–Trinajstić information content (AvgIpc) is 2.92. The molecule has 0 aromatic rings. The van der Waals surface area contributed by atoms with Gasteiger partial charge in [-0.15, -0.1) is 11.8 Å². The number of carbonyl (C=O) groups is 2. The lowest BCUT2D eigenvalue weighted by Crippen LogP contribution is -2.49. The van der Waals surface area contributed by atoms with Crippen molar-refractivity contribution in [3.05, 3.63) is 0 Å². The predicted octanol–water partition coefficient (Wildman–Crippen LogP) is 0.391. The van der Waals surface area contributed by atoms with Crippen LogP contribution in [0.1, 0.15) is 46.5 Å². The molecule has 0 spiro atoms. The van der Waals surface area contributed by atoms with Gasteiger partial charge in [0.15, 0.2) is 0 Å². The smallest absolute Gasteiger partial charge is 0.306 e. The molecule has 9 heteroatoms. The SMILES string of the molecule is CC(C)(C)NC(=O)CSC1NNNN1C1CCC(C(=O)O)CC1. The fraction of sp³-hybridized carbons (Fsp3) is 0.857. The highest BCUT2D eigenvalue weighted by atomic mass is 32.2. The van der Waals surface area contributed by atoms with Crippen molar-refractivity contribution in [1.29, 1.82) is 0 Å². The van der Waals surface area contributed by atoms with Crippen LogP contribution in [0.5, 0.6) is 0 Å². The molecule has 1 saturated heterocycles. The highest BCUT2D eigenvalue weighted by Gasteiger charge is 2.35. The molecule has 5 N–H and O–H groups in total. The Morgan fingerprint density at radius 3 is 2.48 bits per heavy atom. The summed E-state index contributed by atoms with van der Waals surface area (Å²) in [6, 6.07) is 0.260. The quantitative estimate of drug-likeness (QED) is 0.487. The molecule has 132 valence electrons. The number of rotatable bonds is 5. The molecule has 1 atom stereocenters. The molecule has 2 fully saturated rings. The lowest BCUT2D eigenvalue weighted by Gasteiger charge is -2.34. The van der Waals surface area contributed by atoms with Crippen LogP contribution in [0.25, 0.3) is 0 Å². The van der Waals surface area contributed by atoms with Gasteiger partial charge < -0.3 is 10.4 Å². The molecule has 1 unspecified atom stereocenters. The van der Waals surface area contributed by atoms with Gasteiger partial charge in [0.05, 0.1) is 11.7 Å². The summed E-state index contributed by atoms with van der Waals surface area (Å²) >= 11 is 1.50. The number of hydrogen-bond donors (Lipinski definition) is 5. The molecule has 0 radical (unpaired) electrons. The fourth-order valence-corrected chi connectivity index (χ4v) is 3.81. The van der Waals surface area contributed by atoms with Crippen LogP contribution in [0, 0.1) is 5.92 Å². The number of carbonyl (C=O) groups excluding carboxylic acids is 1. The number of nitrogens with zero attached hydrogens (tertiary/aromatic N) is 1. The lowest BCUT2D eigenvalue weighted by molar-refractivity contribution is -0.143. The largest absolute Gasteiger partial charge is 0.481 e. The maximum Gasteiger partial charge on any atom is 0.306 e.